The average Bonchev–Trinajstić information content (AvgIpc) is 2.96. The van der Waals surface area contributed by atoms with Crippen molar-refractivity contribution < 1.29 is 23.1 Å². The normalized spacial score (nSPS) is 36.9. The van der Waals surface area contributed by atoms with E-state index in [1.54, 1.807) is 13.8 Å². The van der Waals surface area contributed by atoms with Gasteiger partial charge in [0.25, 0.3) is 0 Å². The van der Waals surface area contributed by atoms with Crippen molar-refractivity contribution in [2.24, 2.45) is 17.1 Å². The summed E-state index contributed by atoms with van der Waals surface area (Å²) in [5, 5.41) is -0.934. The molecule has 0 aromatic heterocycles. The van der Waals surface area contributed by atoms with Crippen LogP contribution in [-0.2, 0) is 23.1 Å². The molecule has 7 heteroatoms. The van der Waals surface area contributed by atoms with Gasteiger partial charge in [-0.3, -0.25) is 9.36 Å². The van der Waals surface area contributed by atoms with Crippen molar-refractivity contribution in [3.05, 3.63) is 0 Å². The Labute approximate surface area is 113 Å². The highest BCUT2D eigenvalue weighted by atomic mass is 31.2. The van der Waals surface area contributed by atoms with Gasteiger partial charge >= 0.3 is 13.6 Å². The number of hydrogen-bond donors (Lipinski definition) is 1. The molecule has 0 aromatic rings. The maximum absolute atomic E-state index is 12.8. The molecule has 2 aliphatic rings. The van der Waals surface area contributed by atoms with E-state index in [9.17, 15) is 9.36 Å². The molecule has 6 nitrogen and oxygen atoms in total. The van der Waals surface area contributed by atoms with Crippen molar-refractivity contribution in [3.8, 4) is 0 Å². The molecular formula is C12H22NO5P. The first-order valence-electron chi connectivity index (χ1n) is 6.64. The lowest BCUT2D eigenvalue weighted by molar-refractivity contribution is -0.151. The minimum atomic E-state index is -3.32. The molecule has 2 N–H and O–H groups in total. The minimum Gasteiger partial charge on any atom is -0.469 e. The van der Waals surface area contributed by atoms with Crippen molar-refractivity contribution >= 4 is 13.6 Å². The summed E-state index contributed by atoms with van der Waals surface area (Å²) in [6.07, 6.45) is 1.81. The molecule has 2 saturated carbocycles. The second-order valence-corrected chi connectivity index (χ2v) is 7.65. The molecule has 0 aromatic carbocycles. The van der Waals surface area contributed by atoms with Crippen molar-refractivity contribution in [3.63, 3.8) is 0 Å². The largest absolute Gasteiger partial charge is 0.469 e. The van der Waals surface area contributed by atoms with Gasteiger partial charge in [0.1, 0.15) is 5.28 Å². The third-order valence-electron chi connectivity index (χ3n) is 4.30. The Bertz CT molecular complexity index is 410. The van der Waals surface area contributed by atoms with Gasteiger partial charge in [0.2, 0.25) is 0 Å². The highest BCUT2D eigenvalue weighted by Gasteiger charge is 2.80. The topological polar surface area (TPSA) is 87.9 Å². The van der Waals surface area contributed by atoms with E-state index in [1.165, 1.54) is 7.11 Å². The Morgan fingerprint density at radius 1 is 1.32 bits per heavy atom. The Morgan fingerprint density at radius 3 is 2.26 bits per heavy atom. The van der Waals surface area contributed by atoms with Crippen LogP contribution in [0.5, 0.6) is 0 Å². The SMILES string of the molecule is CCOP(=O)(OCC)C1(N)CC12CC(C(=O)OC)C2. The summed E-state index contributed by atoms with van der Waals surface area (Å²) in [6, 6.07) is 0. The number of hydrogen-bond acceptors (Lipinski definition) is 6. The molecule has 1 unspecified atom stereocenters. The molecule has 0 amide bonds. The Morgan fingerprint density at radius 2 is 1.84 bits per heavy atom. The lowest BCUT2D eigenvalue weighted by atomic mass is 9.71. The summed E-state index contributed by atoms with van der Waals surface area (Å²) in [5.74, 6) is -0.352. The zero-order valence-electron chi connectivity index (χ0n) is 11.7. The summed E-state index contributed by atoms with van der Waals surface area (Å²) in [4.78, 5) is 11.4. The van der Waals surface area contributed by atoms with Crippen LogP contribution in [0.4, 0.5) is 0 Å². The van der Waals surface area contributed by atoms with Crippen LogP contribution in [0, 0.1) is 11.3 Å². The number of carbonyl (C=O) groups is 1. The fourth-order valence-corrected chi connectivity index (χ4v) is 5.66. The summed E-state index contributed by atoms with van der Waals surface area (Å²) in [6.45, 7) is 4.13. The summed E-state index contributed by atoms with van der Waals surface area (Å²) in [7, 11) is -1.94. The summed E-state index contributed by atoms with van der Waals surface area (Å²) in [5.41, 5.74) is 6.00. The third-order valence-corrected chi connectivity index (χ3v) is 7.10. The van der Waals surface area contributed by atoms with E-state index in [4.69, 9.17) is 19.5 Å². The van der Waals surface area contributed by atoms with Crippen LogP contribution >= 0.6 is 7.60 Å². The van der Waals surface area contributed by atoms with Crippen LogP contribution in [0.25, 0.3) is 0 Å². The fraction of sp³-hybridized carbons (Fsp3) is 0.917. The first-order chi connectivity index (χ1) is 8.88. The zero-order chi connectivity index (χ0) is 14.3. The summed E-state index contributed by atoms with van der Waals surface area (Å²) >= 11 is 0. The number of methoxy groups -OCH3 is 1. The predicted molar refractivity (Wildman–Crippen MR) is 69.6 cm³/mol. The first-order valence-corrected chi connectivity index (χ1v) is 8.18. The Balaban J connectivity index is 2.07. The van der Waals surface area contributed by atoms with Gasteiger partial charge in [0.05, 0.1) is 26.2 Å². The van der Waals surface area contributed by atoms with E-state index in [0.29, 0.717) is 32.5 Å². The lowest BCUT2D eigenvalue weighted by Gasteiger charge is -2.38. The fourth-order valence-electron chi connectivity index (χ4n) is 3.18. The molecule has 0 heterocycles. The quantitative estimate of drug-likeness (QED) is 0.594. The van der Waals surface area contributed by atoms with Gasteiger partial charge in [-0.25, -0.2) is 0 Å². The first kappa shape index (κ1) is 15.0. The second-order valence-electron chi connectivity index (χ2n) is 5.34. The number of ether oxygens (including phenoxy) is 1. The van der Waals surface area contributed by atoms with Crippen molar-refractivity contribution in [2.45, 2.75) is 38.4 Å². The number of nitrogens with two attached hydrogens (primary N) is 1. The van der Waals surface area contributed by atoms with Gasteiger partial charge in [-0.2, -0.15) is 0 Å². The minimum absolute atomic E-state index is 0.132. The molecule has 0 bridgehead atoms. The molecule has 19 heavy (non-hydrogen) atoms. The van der Waals surface area contributed by atoms with Crippen LogP contribution < -0.4 is 5.73 Å². The molecule has 2 fully saturated rings. The molecule has 0 radical (unpaired) electrons. The van der Waals surface area contributed by atoms with E-state index < -0.39 is 12.9 Å². The van der Waals surface area contributed by atoms with Crippen molar-refractivity contribution in [2.75, 3.05) is 20.3 Å². The Hall–Kier alpha value is -0.420. The number of esters is 1. The molecule has 0 saturated heterocycles. The van der Waals surface area contributed by atoms with Gasteiger partial charge in [-0.05, 0) is 33.1 Å². The molecular weight excluding hydrogens is 269 g/mol. The zero-order valence-corrected chi connectivity index (χ0v) is 12.6. The van der Waals surface area contributed by atoms with E-state index in [0.717, 1.165) is 0 Å². The van der Waals surface area contributed by atoms with Crippen LogP contribution in [-0.4, -0.2) is 31.6 Å². The van der Waals surface area contributed by atoms with Crippen LogP contribution in [0.3, 0.4) is 0 Å². The average molecular weight is 291 g/mol. The monoisotopic (exact) mass is 291 g/mol. The molecule has 110 valence electrons. The molecule has 2 aliphatic carbocycles. The third kappa shape index (κ3) is 2.05. The van der Waals surface area contributed by atoms with Gasteiger partial charge in [0, 0.05) is 5.41 Å². The van der Waals surface area contributed by atoms with Crippen molar-refractivity contribution in [1.82, 2.24) is 0 Å². The van der Waals surface area contributed by atoms with Gasteiger partial charge < -0.3 is 19.5 Å². The van der Waals surface area contributed by atoms with Crippen LogP contribution in [0.15, 0.2) is 0 Å². The molecule has 1 atom stereocenters. The van der Waals surface area contributed by atoms with Gasteiger partial charge in [-0.1, -0.05) is 0 Å². The smallest absolute Gasteiger partial charge is 0.350 e. The summed E-state index contributed by atoms with van der Waals surface area (Å²) < 4.78 is 28.2. The van der Waals surface area contributed by atoms with Gasteiger partial charge in [0.15, 0.2) is 0 Å². The van der Waals surface area contributed by atoms with E-state index in [2.05, 4.69) is 0 Å². The van der Waals surface area contributed by atoms with E-state index >= 15 is 0 Å². The van der Waals surface area contributed by atoms with E-state index in [1.807, 2.05) is 0 Å². The van der Waals surface area contributed by atoms with E-state index in [-0.39, 0.29) is 17.3 Å². The number of rotatable bonds is 6. The molecule has 0 aliphatic heterocycles. The maximum Gasteiger partial charge on any atom is 0.350 e. The molecule has 2 rings (SSSR count). The van der Waals surface area contributed by atoms with Gasteiger partial charge in [-0.15, -0.1) is 0 Å². The highest BCUT2D eigenvalue weighted by molar-refractivity contribution is 7.56. The van der Waals surface area contributed by atoms with Crippen molar-refractivity contribution in [1.29, 1.82) is 0 Å². The number of carbonyl (C=O) groups excluding carboxylic acids is 1. The van der Waals surface area contributed by atoms with Crippen LogP contribution in [0.2, 0.25) is 0 Å². The highest BCUT2D eigenvalue weighted by Crippen LogP contribution is 2.83. The maximum atomic E-state index is 12.8. The molecule has 1 spiro atoms. The second kappa shape index (κ2) is 4.85. The Kier molecular flexibility index (Phi) is 3.82. The predicted octanol–water partition coefficient (Wildman–Crippen LogP) is 1.88. The standard InChI is InChI=1S/C12H22NO5P/c1-4-17-19(15,18-5-2)12(13)8-11(12)6-9(7-11)10(14)16-3/h9H,4-8,13H2,1-3H3. The lowest BCUT2D eigenvalue weighted by Crippen LogP contribution is -2.42. The van der Waals surface area contributed by atoms with Crippen LogP contribution in [0.1, 0.15) is 33.1 Å².